The van der Waals surface area contributed by atoms with Crippen molar-refractivity contribution in [1.29, 1.82) is 0 Å². The van der Waals surface area contributed by atoms with Crippen LogP contribution in [0.4, 0.5) is 0 Å². The van der Waals surface area contributed by atoms with Crippen molar-refractivity contribution in [3.05, 3.63) is 35.9 Å². The van der Waals surface area contributed by atoms with E-state index in [1.807, 2.05) is 0 Å². The van der Waals surface area contributed by atoms with E-state index >= 15 is 0 Å². The number of hydrogen-bond acceptors (Lipinski definition) is 3. The van der Waals surface area contributed by atoms with Crippen molar-refractivity contribution < 1.29 is 5.11 Å². The molecule has 0 aromatic heterocycles. The molecule has 2 atom stereocenters. The van der Waals surface area contributed by atoms with E-state index in [1.165, 1.54) is 18.4 Å². The van der Waals surface area contributed by atoms with Crippen molar-refractivity contribution in [3.63, 3.8) is 0 Å². The van der Waals surface area contributed by atoms with Crippen LogP contribution >= 0.6 is 0 Å². The Morgan fingerprint density at radius 3 is 2.55 bits per heavy atom. The average Bonchev–Trinajstić information content (AvgIpc) is 3.29. The molecule has 0 spiro atoms. The Labute approximate surface area is 123 Å². The van der Waals surface area contributed by atoms with Gasteiger partial charge in [0.25, 0.3) is 0 Å². The molecule has 112 valence electrons. The lowest BCUT2D eigenvalue weighted by Crippen LogP contribution is -2.38. The van der Waals surface area contributed by atoms with Crippen LogP contribution in [0, 0.1) is 5.92 Å². The lowest BCUT2D eigenvalue weighted by atomic mass is 9.93. The van der Waals surface area contributed by atoms with Gasteiger partial charge in [0.1, 0.15) is 0 Å². The third-order valence-electron chi connectivity index (χ3n) is 4.12. The Morgan fingerprint density at radius 1 is 1.30 bits per heavy atom. The van der Waals surface area contributed by atoms with E-state index < -0.39 is 0 Å². The first-order valence-electron chi connectivity index (χ1n) is 7.89. The number of hydrogen-bond donors (Lipinski definition) is 2. The van der Waals surface area contributed by atoms with E-state index in [1.54, 1.807) is 0 Å². The van der Waals surface area contributed by atoms with Crippen LogP contribution in [-0.2, 0) is 0 Å². The zero-order chi connectivity index (χ0) is 14.4. The average molecular weight is 276 g/mol. The summed E-state index contributed by atoms with van der Waals surface area (Å²) in [7, 11) is 0. The minimum absolute atomic E-state index is 0.264. The summed E-state index contributed by atoms with van der Waals surface area (Å²) in [5.74, 6) is 0.532. The van der Waals surface area contributed by atoms with E-state index in [0.717, 1.165) is 19.6 Å². The topological polar surface area (TPSA) is 35.5 Å². The molecule has 2 unspecified atom stereocenters. The fraction of sp³-hybridized carbons (Fsp3) is 0.647. The first-order valence-corrected chi connectivity index (χ1v) is 7.89. The number of aliphatic hydroxyl groups excluding tert-OH is 1. The molecule has 0 radical (unpaired) electrons. The predicted octanol–water partition coefficient (Wildman–Crippen LogP) is 2.43. The summed E-state index contributed by atoms with van der Waals surface area (Å²) >= 11 is 0. The minimum Gasteiger partial charge on any atom is -0.395 e. The van der Waals surface area contributed by atoms with Gasteiger partial charge in [-0.3, -0.25) is 4.90 Å². The van der Waals surface area contributed by atoms with Crippen molar-refractivity contribution in [3.8, 4) is 0 Å². The molecule has 0 heterocycles. The summed E-state index contributed by atoms with van der Waals surface area (Å²) in [5, 5.41) is 12.8. The maximum atomic E-state index is 9.23. The predicted molar refractivity (Wildman–Crippen MR) is 83.7 cm³/mol. The minimum atomic E-state index is 0.264. The monoisotopic (exact) mass is 276 g/mol. The normalized spacial score (nSPS) is 18.2. The van der Waals surface area contributed by atoms with Crippen molar-refractivity contribution in [2.24, 2.45) is 5.92 Å². The zero-order valence-electron chi connectivity index (χ0n) is 12.8. The summed E-state index contributed by atoms with van der Waals surface area (Å²) in [6, 6.07) is 11.8. The lowest BCUT2D eigenvalue weighted by molar-refractivity contribution is 0.159. The van der Waals surface area contributed by atoms with Crippen molar-refractivity contribution in [1.82, 2.24) is 10.2 Å². The van der Waals surface area contributed by atoms with Crippen LogP contribution in [0.3, 0.4) is 0 Å². The smallest absolute Gasteiger partial charge is 0.0558 e. The van der Waals surface area contributed by atoms with Gasteiger partial charge in [-0.2, -0.15) is 0 Å². The first kappa shape index (κ1) is 15.5. The largest absolute Gasteiger partial charge is 0.395 e. The second-order valence-corrected chi connectivity index (χ2v) is 5.87. The second-order valence-electron chi connectivity index (χ2n) is 5.87. The van der Waals surface area contributed by atoms with E-state index in [9.17, 15) is 5.11 Å². The second kappa shape index (κ2) is 7.77. The Morgan fingerprint density at radius 2 is 2.00 bits per heavy atom. The molecule has 1 saturated carbocycles. The van der Waals surface area contributed by atoms with Gasteiger partial charge >= 0.3 is 0 Å². The number of rotatable bonds is 9. The third-order valence-corrected chi connectivity index (χ3v) is 4.12. The molecule has 1 fully saturated rings. The van der Waals surface area contributed by atoms with Crippen LogP contribution in [0.5, 0.6) is 0 Å². The molecule has 2 N–H and O–H groups in total. The number of nitrogens with one attached hydrogen (secondary N) is 1. The zero-order valence-corrected chi connectivity index (χ0v) is 12.8. The Kier molecular flexibility index (Phi) is 6.02. The van der Waals surface area contributed by atoms with E-state index in [-0.39, 0.29) is 6.61 Å². The van der Waals surface area contributed by atoms with E-state index in [2.05, 4.69) is 54.4 Å². The fourth-order valence-corrected chi connectivity index (χ4v) is 2.99. The molecule has 20 heavy (non-hydrogen) atoms. The molecule has 3 nitrogen and oxygen atoms in total. The van der Waals surface area contributed by atoms with Crippen LogP contribution in [0.15, 0.2) is 30.3 Å². The molecule has 1 aliphatic carbocycles. The van der Waals surface area contributed by atoms with Gasteiger partial charge in [0, 0.05) is 25.2 Å². The van der Waals surface area contributed by atoms with Gasteiger partial charge in [0.05, 0.1) is 6.61 Å². The highest BCUT2D eigenvalue weighted by atomic mass is 16.3. The highest BCUT2D eigenvalue weighted by Gasteiger charge is 2.31. The molecule has 2 rings (SSSR count). The fourth-order valence-electron chi connectivity index (χ4n) is 2.99. The van der Waals surface area contributed by atoms with Crippen LogP contribution < -0.4 is 5.32 Å². The molecule has 0 aliphatic heterocycles. The van der Waals surface area contributed by atoms with Gasteiger partial charge in [-0.05, 0) is 30.9 Å². The van der Waals surface area contributed by atoms with Crippen molar-refractivity contribution >= 4 is 0 Å². The van der Waals surface area contributed by atoms with Crippen LogP contribution in [-0.4, -0.2) is 42.3 Å². The molecule has 1 aliphatic rings. The summed E-state index contributed by atoms with van der Waals surface area (Å²) < 4.78 is 0. The molecular formula is C17H28N2O. The summed E-state index contributed by atoms with van der Waals surface area (Å²) in [6.07, 6.45) is 2.59. The molecule has 1 aromatic rings. The number of aliphatic hydroxyl groups is 1. The lowest BCUT2D eigenvalue weighted by Gasteiger charge is -2.31. The highest BCUT2D eigenvalue weighted by Crippen LogP contribution is 2.30. The molecule has 0 bridgehead atoms. The Hall–Kier alpha value is -0.900. The maximum Gasteiger partial charge on any atom is 0.0558 e. The van der Waals surface area contributed by atoms with E-state index in [4.69, 9.17) is 0 Å². The standard InChI is InChI=1S/C17H28N2O/c1-3-18-17(15-7-5-4-6-8-15)14(2)13-19(11-12-20)16-9-10-16/h4-8,14,16-18,20H,3,9-13H2,1-2H3. The van der Waals surface area contributed by atoms with Crippen LogP contribution in [0.1, 0.15) is 38.3 Å². The molecule has 3 heteroatoms. The van der Waals surface area contributed by atoms with Crippen molar-refractivity contribution in [2.45, 2.75) is 38.8 Å². The van der Waals surface area contributed by atoms with Gasteiger partial charge in [0.15, 0.2) is 0 Å². The Balaban J connectivity index is 2.00. The number of nitrogens with zero attached hydrogens (tertiary/aromatic N) is 1. The third kappa shape index (κ3) is 4.30. The SMILES string of the molecule is CCNC(c1ccccc1)C(C)CN(CCO)C1CC1. The molecular weight excluding hydrogens is 248 g/mol. The van der Waals surface area contributed by atoms with Gasteiger partial charge in [-0.1, -0.05) is 44.2 Å². The molecule has 1 aromatic carbocycles. The van der Waals surface area contributed by atoms with Crippen LogP contribution in [0.25, 0.3) is 0 Å². The van der Waals surface area contributed by atoms with Gasteiger partial charge in [-0.25, -0.2) is 0 Å². The van der Waals surface area contributed by atoms with Gasteiger partial charge < -0.3 is 10.4 Å². The number of benzene rings is 1. The Bertz CT molecular complexity index is 378. The maximum absolute atomic E-state index is 9.23. The van der Waals surface area contributed by atoms with Gasteiger partial charge in [-0.15, -0.1) is 0 Å². The highest BCUT2D eigenvalue weighted by molar-refractivity contribution is 5.19. The van der Waals surface area contributed by atoms with Crippen LogP contribution in [0.2, 0.25) is 0 Å². The first-order chi connectivity index (χ1) is 9.76. The summed E-state index contributed by atoms with van der Waals surface area (Å²) in [6.45, 7) is 7.58. The molecule has 0 amide bonds. The summed E-state index contributed by atoms with van der Waals surface area (Å²) in [4.78, 5) is 2.46. The van der Waals surface area contributed by atoms with Gasteiger partial charge in [0.2, 0.25) is 0 Å². The quantitative estimate of drug-likeness (QED) is 0.727. The van der Waals surface area contributed by atoms with Crippen molar-refractivity contribution in [2.75, 3.05) is 26.2 Å². The van der Waals surface area contributed by atoms with E-state index in [0.29, 0.717) is 18.0 Å². The molecule has 0 saturated heterocycles. The summed E-state index contributed by atoms with van der Waals surface area (Å²) in [5.41, 5.74) is 1.36.